The van der Waals surface area contributed by atoms with Gasteiger partial charge >= 0.3 is 5.97 Å². The van der Waals surface area contributed by atoms with Crippen molar-refractivity contribution in [2.75, 3.05) is 30.6 Å². The van der Waals surface area contributed by atoms with Crippen molar-refractivity contribution in [2.45, 2.75) is 57.2 Å². The number of ether oxygens (including phenoxy) is 4. The summed E-state index contributed by atoms with van der Waals surface area (Å²) >= 11 is 0. The summed E-state index contributed by atoms with van der Waals surface area (Å²) in [7, 11) is 3.11. The minimum Gasteiger partial charge on any atom is -0.496 e. The van der Waals surface area contributed by atoms with Crippen LogP contribution in [0.15, 0.2) is 108 Å². The van der Waals surface area contributed by atoms with E-state index in [0.717, 1.165) is 44.8 Å². The zero-order valence-electron chi connectivity index (χ0n) is 33.9. The Morgan fingerprint density at radius 1 is 0.721 bits per heavy atom. The summed E-state index contributed by atoms with van der Waals surface area (Å²) in [5, 5.41) is 9.10. The smallest absolute Gasteiger partial charge is 0.303 e. The first-order valence-corrected chi connectivity index (χ1v) is 20.3. The first kappa shape index (κ1) is 39.3. The van der Waals surface area contributed by atoms with Gasteiger partial charge in [0.25, 0.3) is 11.8 Å². The fourth-order valence-electron chi connectivity index (χ4n) is 8.64. The maximum atomic E-state index is 14.0. The van der Waals surface area contributed by atoms with Crippen LogP contribution in [0.2, 0.25) is 0 Å². The molecule has 0 saturated heterocycles. The summed E-state index contributed by atoms with van der Waals surface area (Å²) in [6.07, 6.45) is 6.58. The van der Waals surface area contributed by atoms with Crippen LogP contribution in [0.1, 0.15) is 67.8 Å². The maximum absolute atomic E-state index is 14.0. The molecule has 1 N–H and O–H groups in total. The van der Waals surface area contributed by atoms with Gasteiger partial charge in [-0.2, -0.15) is 0 Å². The SMILES string of the molecule is C=C(Cc1cc(COc2cc3c(cc2OC)C(=O)N2c4ccccc4C[C@H]2C=N3)cc(OCCCCC(=O)O)c1)c1cc2c(cc1OC)C(=O)N1c3ccccc3C[C@H]1C=N2. The Morgan fingerprint density at radius 2 is 1.31 bits per heavy atom. The van der Waals surface area contributed by atoms with E-state index in [-0.39, 0.29) is 36.9 Å². The molecule has 0 aromatic heterocycles. The highest BCUT2D eigenvalue weighted by molar-refractivity contribution is 6.16. The fraction of sp³-hybridized carbons (Fsp3) is 0.245. The number of allylic oxidation sites excluding steroid dienone is 1. The second-order valence-corrected chi connectivity index (χ2v) is 15.6. The van der Waals surface area contributed by atoms with Gasteiger partial charge in [0, 0.05) is 54.7 Å². The lowest BCUT2D eigenvalue weighted by Gasteiger charge is -2.22. The van der Waals surface area contributed by atoms with E-state index in [1.54, 1.807) is 30.2 Å². The van der Waals surface area contributed by atoms with Crippen LogP contribution in [0.5, 0.6) is 23.0 Å². The Labute approximate surface area is 353 Å². The van der Waals surface area contributed by atoms with Crippen molar-refractivity contribution in [2.24, 2.45) is 9.98 Å². The minimum atomic E-state index is -0.845. The summed E-state index contributed by atoms with van der Waals surface area (Å²) in [5.41, 5.74) is 9.05. The minimum absolute atomic E-state index is 0.0663. The van der Waals surface area contributed by atoms with Crippen LogP contribution in [0.4, 0.5) is 22.7 Å². The summed E-state index contributed by atoms with van der Waals surface area (Å²) in [4.78, 5) is 52.2. The topological polar surface area (TPSA) is 140 Å². The highest BCUT2D eigenvalue weighted by Crippen LogP contribution is 2.43. The molecule has 9 rings (SSSR count). The van der Waals surface area contributed by atoms with Crippen molar-refractivity contribution in [3.63, 3.8) is 0 Å². The normalized spacial score (nSPS) is 16.7. The molecule has 0 bridgehead atoms. The highest BCUT2D eigenvalue weighted by atomic mass is 16.5. The number of para-hydroxylation sites is 2. The lowest BCUT2D eigenvalue weighted by molar-refractivity contribution is -0.137. The predicted molar refractivity (Wildman–Crippen MR) is 234 cm³/mol. The van der Waals surface area contributed by atoms with E-state index in [2.05, 4.69) is 6.58 Å². The lowest BCUT2D eigenvalue weighted by Crippen LogP contribution is -2.37. The molecular formula is C49H44N4O8. The first-order valence-electron chi connectivity index (χ1n) is 20.3. The Hall–Kier alpha value is -7.21. The third kappa shape index (κ3) is 7.61. The maximum Gasteiger partial charge on any atom is 0.303 e. The molecule has 5 aromatic carbocycles. The quantitative estimate of drug-likeness (QED) is 0.110. The molecular weight excluding hydrogens is 773 g/mol. The van der Waals surface area contributed by atoms with E-state index in [1.807, 2.05) is 90.1 Å². The molecule has 5 aromatic rings. The van der Waals surface area contributed by atoms with E-state index in [4.69, 9.17) is 34.0 Å². The van der Waals surface area contributed by atoms with Crippen LogP contribution < -0.4 is 28.7 Å². The van der Waals surface area contributed by atoms with Crippen molar-refractivity contribution in [3.8, 4) is 23.0 Å². The van der Waals surface area contributed by atoms with Gasteiger partial charge in [-0.3, -0.25) is 34.2 Å². The average molecular weight is 817 g/mol. The Kier molecular flexibility index (Phi) is 10.6. The average Bonchev–Trinajstić information content (AvgIpc) is 3.76. The zero-order valence-corrected chi connectivity index (χ0v) is 33.9. The number of rotatable bonds is 14. The molecule has 0 fully saturated rings. The van der Waals surface area contributed by atoms with E-state index in [9.17, 15) is 14.4 Å². The summed E-state index contributed by atoms with van der Waals surface area (Å²) in [6, 6.07) is 28.3. The van der Waals surface area contributed by atoms with Gasteiger partial charge in [-0.25, -0.2) is 0 Å². The monoisotopic (exact) mass is 816 g/mol. The van der Waals surface area contributed by atoms with Crippen LogP contribution in [-0.4, -0.2) is 68.2 Å². The molecule has 0 saturated carbocycles. The second-order valence-electron chi connectivity index (χ2n) is 15.6. The molecule has 0 radical (unpaired) electrons. The zero-order chi connectivity index (χ0) is 42.2. The van der Waals surface area contributed by atoms with E-state index in [1.165, 1.54) is 7.11 Å². The predicted octanol–water partition coefficient (Wildman–Crippen LogP) is 8.75. The van der Waals surface area contributed by atoms with Crippen molar-refractivity contribution >= 4 is 58.5 Å². The number of amides is 2. The molecule has 4 heterocycles. The number of aliphatic imine (C=N–C) groups is 2. The van der Waals surface area contributed by atoms with Crippen LogP contribution >= 0.6 is 0 Å². The number of hydrogen-bond acceptors (Lipinski definition) is 9. The molecule has 0 spiro atoms. The third-order valence-electron chi connectivity index (χ3n) is 11.6. The number of carbonyl (C=O) groups is 3. The molecule has 308 valence electrons. The molecule has 2 amide bonds. The van der Waals surface area contributed by atoms with Gasteiger partial charge < -0.3 is 24.1 Å². The van der Waals surface area contributed by atoms with E-state index < -0.39 is 5.97 Å². The van der Waals surface area contributed by atoms with Gasteiger partial charge in [-0.1, -0.05) is 49.0 Å². The van der Waals surface area contributed by atoms with Crippen LogP contribution in [-0.2, 0) is 30.7 Å². The van der Waals surface area contributed by atoms with Crippen molar-refractivity contribution in [1.82, 2.24) is 0 Å². The number of benzene rings is 5. The number of hydrogen-bond donors (Lipinski definition) is 1. The van der Waals surface area contributed by atoms with Gasteiger partial charge in [0.15, 0.2) is 11.5 Å². The van der Waals surface area contributed by atoms with E-state index in [0.29, 0.717) is 84.2 Å². The standard InChI is InChI=1S/C49H44N4O8/c1-29(37-22-40-38(23-44(37)58-2)48(56)52-34(26-50-40)20-32-10-4-6-12-42(32)52)16-30-17-31(19-36(18-30)60-15-9-8-14-47(54)55)28-61-46-25-41-39(24-45(46)59-3)49(57)53-35(27-51-41)21-33-11-5-7-13-43(33)53/h4-7,10-13,17-19,22-27,34-35H,1,8-9,14-16,20-21,28H2,2-3H3,(H,54,55)/t34-,35-/m0/s1. The number of unbranched alkanes of at least 4 members (excludes halogenated alkanes) is 1. The van der Waals surface area contributed by atoms with Gasteiger partial charge in [0.2, 0.25) is 0 Å². The molecule has 12 heteroatoms. The number of nitrogens with zero attached hydrogens (tertiary/aromatic N) is 4. The number of aliphatic carboxylic acids is 1. The van der Waals surface area contributed by atoms with Gasteiger partial charge in [-0.15, -0.1) is 0 Å². The van der Waals surface area contributed by atoms with Crippen molar-refractivity contribution in [1.29, 1.82) is 0 Å². The van der Waals surface area contributed by atoms with E-state index >= 15 is 0 Å². The summed E-state index contributed by atoms with van der Waals surface area (Å²) in [5.74, 6) is 0.792. The van der Waals surface area contributed by atoms with Gasteiger partial charge in [0.1, 0.15) is 18.1 Å². The highest BCUT2D eigenvalue weighted by Gasteiger charge is 2.38. The van der Waals surface area contributed by atoms with Crippen LogP contribution in [0.3, 0.4) is 0 Å². The lowest BCUT2D eigenvalue weighted by atomic mass is 9.95. The molecule has 2 atom stereocenters. The Balaban J connectivity index is 0.974. The molecule has 12 nitrogen and oxygen atoms in total. The number of carbonyl (C=O) groups excluding carboxylic acids is 2. The fourth-order valence-corrected chi connectivity index (χ4v) is 8.64. The molecule has 4 aliphatic rings. The van der Waals surface area contributed by atoms with Crippen molar-refractivity contribution < 1.29 is 38.4 Å². The number of carboxylic acid groups (broad SMARTS) is 1. The molecule has 0 aliphatic carbocycles. The number of fused-ring (bicyclic) bond motifs is 8. The Bertz CT molecular complexity index is 2670. The molecule has 0 unspecified atom stereocenters. The molecule has 61 heavy (non-hydrogen) atoms. The van der Waals surface area contributed by atoms with Gasteiger partial charge in [-0.05, 0) is 89.6 Å². The second kappa shape index (κ2) is 16.4. The summed E-state index contributed by atoms with van der Waals surface area (Å²) < 4.78 is 24.2. The van der Waals surface area contributed by atoms with Crippen LogP contribution in [0, 0.1) is 0 Å². The number of carboxylic acids is 1. The number of anilines is 2. The number of methoxy groups -OCH3 is 2. The summed E-state index contributed by atoms with van der Waals surface area (Å²) in [6.45, 7) is 4.92. The van der Waals surface area contributed by atoms with Gasteiger partial charge in [0.05, 0.1) is 55.4 Å². The third-order valence-corrected chi connectivity index (χ3v) is 11.6. The first-order chi connectivity index (χ1) is 29.7. The largest absolute Gasteiger partial charge is 0.496 e. The Morgan fingerprint density at radius 3 is 1.93 bits per heavy atom. The molecule has 4 aliphatic heterocycles. The van der Waals surface area contributed by atoms with Crippen molar-refractivity contribution in [3.05, 3.63) is 137 Å². The van der Waals surface area contributed by atoms with Crippen LogP contribution in [0.25, 0.3) is 5.57 Å².